The number of halogens is 3. The summed E-state index contributed by atoms with van der Waals surface area (Å²) in [5.41, 5.74) is 5.22. The molecule has 2 N–H and O–H groups in total. The van der Waals surface area contributed by atoms with Crippen LogP contribution in [0.3, 0.4) is 0 Å². The molecular weight excluding hydrogens is 213 g/mol. The molecule has 0 aliphatic rings. The van der Waals surface area contributed by atoms with Gasteiger partial charge in [0.05, 0.1) is 0 Å². The molecule has 0 bridgehead atoms. The van der Waals surface area contributed by atoms with Crippen LogP contribution in [0.25, 0.3) is 0 Å². The van der Waals surface area contributed by atoms with Gasteiger partial charge in [-0.05, 0) is 10.4 Å². The number of hydrogen-bond acceptors (Lipinski definition) is 5. The lowest BCUT2D eigenvalue weighted by Gasteiger charge is -2.22. The molecule has 86 valence electrons. The van der Waals surface area contributed by atoms with E-state index >= 15 is 0 Å². The first-order valence-electron chi connectivity index (χ1n) is 4.18. The lowest BCUT2D eigenvalue weighted by atomic mass is 10.5. The summed E-state index contributed by atoms with van der Waals surface area (Å²) < 4.78 is 37.7. The fourth-order valence-electron chi connectivity index (χ4n) is 1.11. The molecule has 0 aliphatic heterocycles. The van der Waals surface area contributed by atoms with Crippen LogP contribution in [0, 0.1) is 0 Å². The van der Waals surface area contributed by atoms with Gasteiger partial charge in [-0.25, -0.2) is 4.68 Å². The Labute approximate surface area is 83.8 Å². The molecule has 0 aromatic carbocycles. The Hall–Kier alpha value is -1.38. The fraction of sp³-hybridized carbons (Fsp3) is 0.833. The summed E-state index contributed by atoms with van der Waals surface area (Å²) in [4.78, 5) is 0.986. The third-order valence-corrected chi connectivity index (χ3v) is 1.65. The van der Waals surface area contributed by atoms with E-state index in [0.717, 1.165) is 4.90 Å². The van der Waals surface area contributed by atoms with Crippen molar-refractivity contribution in [1.82, 2.24) is 20.2 Å². The first kappa shape index (κ1) is 11.7. The smallest absolute Gasteiger partial charge is 0.329 e. The second-order valence-electron chi connectivity index (χ2n) is 2.93. The molecule has 1 heterocycles. The van der Waals surface area contributed by atoms with Crippen LogP contribution in [0.1, 0.15) is 0 Å². The van der Waals surface area contributed by atoms with Crippen molar-refractivity contribution in [3.8, 4) is 0 Å². The van der Waals surface area contributed by atoms with Crippen LogP contribution in [0.15, 0.2) is 0 Å². The highest BCUT2D eigenvalue weighted by Crippen LogP contribution is 2.19. The summed E-state index contributed by atoms with van der Waals surface area (Å²) in [6, 6.07) is 0. The molecule has 0 amide bonds. The number of tetrazole rings is 1. The molecule has 1 rings (SSSR count). The zero-order valence-electron chi connectivity index (χ0n) is 8.07. The number of nitrogens with two attached hydrogens (primary N) is 1. The third kappa shape index (κ3) is 3.35. The van der Waals surface area contributed by atoms with E-state index in [4.69, 9.17) is 5.73 Å². The molecule has 0 fully saturated rings. The van der Waals surface area contributed by atoms with Gasteiger partial charge in [0.25, 0.3) is 0 Å². The first-order chi connectivity index (χ1) is 6.94. The molecular formula is C6H11F3N6. The average molecular weight is 224 g/mol. The summed E-state index contributed by atoms with van der Waals surface area (Å²) in [5, 5.41) is 10.2. The minimum atomic E-state index is -4.30. The zero-order valence-corrected chi connectivity index (χ0v) is 8.07. The largest absolute Gasteiger partial charge is 0.406 e. The number of rotatable bonds is 4. The Bertz CT molecular complexity index is 308. The van der Waals surface area contributed by atoms with E-state index in [1.807, 2.05) is 0 Å². The van der Waals surface area contributed by atoms with Crippen LogP contribution in [0.4, 0.5) is 19.1 Å². The lowest BCUT2D eigenvalue weighted by molar-refractivity contribution is -0.119. The van der Waals surface area contributed by atoms with Gasteiger partial charge in [0.15, 0.2) is 0 Å². The monoisotopic (exact) mass is 224 g/mol. The fourth-order valence-corrected chi connectivity index (χ4v) is 1.11. The van der Waals surface area contributed by atoms with E-state index in [1.54, 1.807) is 0 Å². The summed E-state index contributed by atoms with van der Waals surface area (Å²) >= 11 is 0. The Kier molecular flexibility index (Phi) is 3.45. The summed E-state index contributed by atoms with van der Waals surface area (Å²) in [7, 11) is 1.47. The van der Waals surface area contributed by atoms with E-state index in [2.05, 4.69) is 15.5 Å². The number of aromatic nitrogens is 4. The third-order valence-electron chi connectivity index (χ3n) is 1.65. The quantitative estimate of drug-likeness (QED) is 0.749. The van der Waals surface area contributed by atoms with Crippen molar-refractivity contribution in [1.29, 1.82) is 0 Å². The van der Waals surface area contributed by atoms with Crippen LogP contribution >= 0.6 is 0 Å². The molecule has 0 unspecified atom stereocenters. The molecule has 0 saturated carbocycles. The van der Waals surface area contributed by atoms with Crippen molar-refractivity contribution in [2.75, 3.05) is 24.5 Å². The van der Waals surface area contributed by atoms with E-state index < -0.39 is 12.7 Å². The Morgan fingerprint density at radius 3 is 2.53 bits per heavy atom. The van der Waals surface area contributed by atoms with Crippen LogP contribution in [0.5, 0.6) is 0 Å². The molecule has 15 heavy (non-hydrogen) atoms. The first-order valence-corrected chi connectivity index (χ1v) is 4.18. The number of aryl methyl sites for hydroxylation is 1. The number of hydrogen-bond donors (Lipinski definition) is 1. The van der Waals surface area contributed by atoms with Gasteiger partial charge < -0.3 is 10.6 Å². The highest BCUT2D eigenvalue weighted by atomic mass is 19.4. The van der Waals surface area contributed by atoms with Gasteiger partial charge in [-0.1, -0.05) is 5.10 Å². The van der Waals surface area contributed by atoms with Gasteiger partial charge >= 0.3 is 6.18 Å². The number of nitrogens with zero attached hydrogens (tertiary/aromatic N) is 5. The molecule has 0 aliphatic carbocycles. The van der Waals surface area contributed by atoms with Crippen LogP contribution < -0.4 is 10.6 Å². The van der Waals surface area contributed by atoms with Crippen LogP contribution in [0.2, 0.25) is 0 Å². The predicted molar refractivity (Wildman–Crippen MR) is 46.1 cm³/mol. The maximum absolute atomic E-state index is 12.2. The van der Waals surface area contributed by atoms with Crippen LogP contribution in [-0.2, 0) is 7.05 Å². The summed E-state index contributed by atoms with van der Waals surface area (Å²) in [6.45, 7) is -0.963. The van der Waals surface area contributed by atoms with E-state index in [-0.39, 0.29) is 19.0 Å². The van der Waals surface area contributed by atoms with Gasteiger partial charge in [-0.3, -0.25) is 0 Å². The highest BCUT2D eigenvalue weighted by molar-refractivity contribution is 5.27. The maximum atomic E-state index is 12.2. The normalized spacial score (nSPS) is 11.8. The van der Waals surface area contributed by atoms with E-state index in [9.17, 15) is 13.2 Å². The van der Waals surface area contributed by atoms with Crippen molar-refractivity contribution in [3.63, 3.8) is 0 Å². The molecule has 1 aromatic rings. The van der Waals surface area contributed by atoms with Gasteiger partial charge in [0.1, 0.15) is 6.54 Å². The number of alkyl halides is 3. The summed E-state index contributed by atoms with van der Waals surface area (Å²) in [5.74, 6) is 0.0535. The van der Waals surface area contributed by atoms with Crippen molar-refractivity contribution >= 4 is 5.95 Å². The molecule has 0 radical (unpaired) electrons. The van der Waals surface area contributed by atoms with Crippen LogP contribution in [-0.4, -0.2) is 46.0 Å². The lowest BCUT2D eigenvalue weighted by Crippen LogP contribution is -2.39. The minimum Gasteiger partial charge on any atom is -0.329 e. The molecule has 6 nitrogen and oxygen atoms in total. The maximum Gasteiger partial charge on any atom is 0.406 e. The molecule has 0 atom stereocenters. The van der Waals surface area contributed by atoms with Gasteiger partial charge in [-0.15, -0.1) is 0 Å². The predicted octanol–water partition coefficient (Wildman–Crippen LogP) is -0.463. The number of anilines is 1. The molecule has 1 aromatic heterocycles. The van der Waals surface area contributed by atoms with Crippen molar-refractivity contribution < 1.29 is 13.2 Å². The average Bonchev–Trinajstić information content (AvgIpc) is 2.48. The van der Waals surface area contributed by atoms with Gasteiger partial charge in [0, 0.05) is 20.1 Å². The standard InChI is InChI=1S/C6H11F3N6/c1-14-5(11-12-13-14)15(3-2-10)4-6(7,8)9/h2-4,10H2,1H3. The van der Waals surface area contributed by atoms with Crippen molar-refractivity contribution in [3.05, 3.63) is 0 Å². The Morgan fingerprint density at radius 2 is 2.13 bits per heavy atom. The molecule has 9 heteroatoms. The molecule has 0 saturated heterocycles. The van der Waals surface area contributed by atoms with Crippen molar-refractivity contribution in [2.24, 2.45) is 12.8 Å². The minimum absolute atomic E-state index is 0.0493. The van der Waals surface area contributed by atoms with E-state index in [1.165, 1.54) is 11.7 Å². The van der Waals surface area contributed by atoms with Gasteiger partial charge in [0.2, 0.25) is 5.95 Å². The van der Waals surface area contributed by atoms with Crippen molar-refractivity contribution in [2.45, 2.75) is 6.18 Å². The second kappa shape index (κ2) is 4.43. The SMILES string of the molecule is Cn1nnnc1N(CCN)CC(F)(F)F. The summed E-state index contributed by atoms with van der Waals surface area (Å²) in [6.07, 6.45) is -4.30. The Morgan fingerprint density at radius 1 is 1.47 bits per heavy atom. The second-order valence-corrected chi connectivity index (χ2v) is 2.93. The van der Waals surface area contributed by atoms with Gasteiger partial charge in [-0.2, -0.15) is 13.2 Å². The van der Waals surface area contributed by atoms with E-state index in [0.29, 0.717) is 0 Å². The highest BCUT2D eigenvalue weighted by Gasteiger charge is 2.32. The Balaban J connectivity index is 2.79. The topological polar surface area (TPSA) is 72.9 Å². The zero-order chi connectivity index (χ0) is 11.5. The molecule has 0 spiro atoms.